The molecule has 106 valence electrons. The summed E-state index contributed by atoms with van der Waals surface area (Å²) in [6.07, 6.45) is 1.11. The molecule has 1 aromatic rings. The Balaban J connectivity index is 2.61. The smallest absolute Gasteiger partial charge is 0.337 e. The van der Waals surface area contributed by atoms with Gasteiger partial charge in [-0.1, -0.05) is 22.9 Å². The average Bonchev–Trinajstić information content (AvgIpc) is 2.38. The summed E-state index contributed by atoms with van der Waals surface area (Å²) in [6, 6.07) is 5.78. The Morgan fingerprint density at radius 3 is 2.79 bits per heavy atom. The predicted molar refractivity (Wildman–Crippen MR) is 82.0 cm³/mol. The molecule has 0 heterocycles. The first-order chi connectivity index (χ1) is 8.95. The maximum Gasteiger partial charge on any atom is 0.337 e. The fourth-order valence-electron chi connectivity index (χ4n) is 1.75. The van der Waals surface area contributed by atoms with E-state index in [1.807, 2.05) is 6.07 Å². The van der Waals surface area contributed by atoms with Crippen LogP contribution in [-0.4, -0.2) is 42.2 Å². The van der Waals surface area contributed by atoms with Gasteiger partial charge in [0.15, 0.2) is 0 Å². The van der Waals surface area contributed by atoms with Crippen molar-refractivity contribution >= 4 is 27.6 Å². The van der Waals surface area contributed by atoms with E-state index < -0.39 is 5.97 Å². The lowest BCUT2D eigenvalue weighted by Gasteiger charge is -2.23. The molecule has 0 radical (unpaired) electrons. The van der Waals surface area contributed by atoms with E-state index in [4.69, 9.17) is 5.11 Å². The molecule has 1 aromatic carbocycles. The highest BCUT2D eigenvalue weighted by Crippen LogP contribution is 2.21. The van der Waals surface area contributed by atoms with Crippen LogP contribution in [0.3, 0.4) is 0 Å². The molecule has 1 unspecified atom stereocenters. The number of anilines is 1. The number of benzene rings is 1. The van der Waals surface area contributed by atoms with Gasteiger partial charge >= 0.3 is 5.97 Å². The van der Waals surface area contributed by atoms with Gasteiger partial charge in [-0.05, 0) is 38.6 Å². The second-order valence-electron chi connectivity index (χ2n) is 4.66. The Bertz CT molecular complexity index is 437. The molecule has 1 rings (SSSR count). The van der Waals surface area contributed by atoms with Gasteiger partial charge in [0.05, 0.1) is 5.56 Å². The number of carbonyl (C=O) groups is 1. The van der Waals surface area contributed by atoms with Crippen molar-refractivity contribution in [2.45, 2.75) is 26.3 Å². The van der Waals surface area contributed by atoms with Crippen molar-refractivity contribution in [3.05, 3.63) is 28.2 Å². The largest absolute Gasteiger partial charge is 0.478 e. The quantitative estimate of drug-likeness (QED) is 0.806. The summed E-state index contributed by atoms with van der Waals surface area (Å²) in [5.74, 6) is -0.918. The molecule has 5 heteroatoms. The van der Waals surface area contributed by atoms with Gasteiger partial charge < -0.3 is 15.3 Å². The van der Waals surface area contributed by atoms with Gasteiger partial charge in [0.2, 0.25) is 0 Å². The highest BCUT2D eigenvalue weighted by molar-refractivity contribution is 9.10. The molecule has 0 saturated carbocycles. The van der Waals surface area contributed by atoms with Crippen LogP contribution in [0.2, 0.25) is 0 Å². The Morgan fingerprint density at radius 1 is 1.53 bits per heavy atom. The highest BCUT2D eigenvalue weighted by atomic mass is 79.9. The van der Waals surface area contributed by atoms with Crippen molar-refractivity contribution in [1.29, 1.82) is 0 Å². The van der Waals surface area contributed by atoms with Crippen LogP contribution < -0.4 is 5.32 Å². The Kier molecular flexibility index (Phi) is 6.31. The zero-order valence-corrected chi connectivity index (χ0v) is 13.2. The van der Waals surface area contributed by atoms with Gasteiger partial charge in [-0.25, -0.2) is 4.79 Å². The normalized spacial score (nSPS) is 12.5. The van der Waals surface area contributed by atoms with E-state index >= 15 is 0 Å². The molecule has 0 amide bonds. The molecule has 0 bridgehead atoms. The summed E-state index contributed by atoms with van der Waals surface area (Å²) >= 11 is 3.29. The Hall–Kier alpha value is -1.07. The van der Waals surface area contributed by atoms with E-state index in [1.165, 1.54) is 0 Å². The van der Waals surface area contributed by atoms with Gasteiger partial charge in [0.25, 0.3) is 0 Å². The third-order valence-corrected chi connectivity index (χ3v) is 3.83. The summed E-state index contributed by atoms with van der Waals surface area (Å²) in [6.45, 7) is 5.95. The van der Waals surface area contributed by atoms with Crippen molar-refractivity contribution in [2.75, 3.05) is 25.5 Å². The fourth-order valence-corrected chi connectivity index (χ4v) is 2.11. The molecule has 2 N–H and O–H groups in total. The number of hydrogen-bond acceptors (Lipinski definition) is 3. The van der Waals surface area contributed by atoms with Gasteiger partial charge in [-0.15, -0.1) is 0 Å². The van der Waals surface area contributed by atoms with Crippen molar-refractivity contribution in [1.82, 2.24) is 4.90 Å². The topological polar surface area (TPSA) is 52.6 Å². The third kappa shape index (κ3) is 4.84. The Morgan fingerprint density at radius 2 is 2.21 bits per heavy atom. The van der Waals surface area contributed by atoms with Crippen LogP contribution in [0.4, 0.5) is 5.69 Å². The minimum absolute atomic E-state index is 0.292. The van der Waals surface area contributed by atoms with Crippen LogP contribution in [-0.2, 0) is 0 Å². The monoisotopic (exact) mass is 328 g/mol. The van der Waals surface area contributed by atoms with E-state index in [0.29, 0.717) is 17.3 Å². The van der Waals surface area contributed by atoms with Gasteiger partial charge in [0.1, 0.15) is 0 Å². The van der Waals surface area contributed by atoms with E-state index in [2.05, 4.69) is 47.0 Å². The van der Waals surface area contributed by atoms with Crippen LogP contribution in [0, 0.1) is 0 Å². The van der Waals surface area contributed by atoms with Crippen molar-refractivity contribution in [2.24, 2.45) is 0 Å². The second-order valence-corrected chi connectivity index (χ2v) is 5.58. The molecule has 4 nitrogen and oxygen atoms in total. The zero-order chi connectivity index (χ0) is 14.4. The molecule has 0 aliphatic carbocycles. The van der Waals surface area contributed by atoms with Gasteiger partial charge in [0, 0.05) is 29.3 Å². The van der Waals surface area contributed by atoms with Gasteiger partial charge in [-0.3, -0.25) is 0 Å². The number of rotatable bonds is 7. The first-order valence-electron chi connectivity index (χ1n) is 6.42. The van der Waals surface area contributed by atoms with E-state index in [0.717, 1.165) is 24.0 Å². The first kappa shape index (κ1) is 16.0. The number of nitrogens with zero attached hydrogens (tertiary/aromatic N) is 1. The number of hydrogen-bond donors (Lipinski definition) is 2. The lowest BCUT2D eigenvalue weighted by molar-refractivity contribution is 0.0698. The first-order valence-corrected chi connectivity index (χ1v) is 7.22. The third-order valence-electron chi connectivity index (χ3n) is 3.34. The predicted octanol–water partition coefficient (Wildman–Crippen LogP) is 3.29. The van der Waals surface area contributed by atoms with Crippen molar-refractivity contribution in [3.63, 3.8) is 0 Å². The maximum atomic E-state index is 11.2. The summed E-state index contributed by atoms with van der Waals surface area (Å²) in [4.78, 5) is 13.4. The molecular formula is C14H21BrN2O2. The number of nitrogens with one attached hydrogen (secondary N) is 1. The van der Waals surface area contributed by atoms with Crippen LogP contribution in [0.25, 0.3) is 0 Å². The fraction of sp³-hybridized carbons (Fsp3) is 0.500. The molecule has 1 atom stereocenters. The van der Waals surface area contributed by atoms with E-state index in [-0.39, 0.29) is 0 Å². The van der Waals surface area contributed by atoms with Crippen molar-refractivity contribution < 1.29 is 9.90 Å². The van der Waals surface area contributed by atoms with Crippen LogP contribution in [0.1, 0.15) is 30.6 Å². The standard InChI is InChI=1S/C14H21BrN2O2/c1-4-10(2)17(3)8-7-16-13-6-5-11(15)9-12(13)14(18)19/h5-6,9-10,16H,4,7-8H2,1-3H3,(H,18,19). The SMILES string of the molecule is CCC(C)N(C)CCNc1ccc(Br)cc1C(=O)O. The average molecular weight is 329 g/mol. The summed E-state index contributed by atoms with van der Waals surface area (Å²) in [5, 5.41) is 12.3. The van der Waals surface area contributed by atoms with Crippen LogP contribution in [0.15, 0.2) is 22.7 Å². The molecule has 0 aromatic heterocycles. The maximum absolute atomic E-state index is 11.2. The molecular weight excluding hydrogens is 308 g/mol. The lowest BCUT2D eigenvalue weighted by Crippen LogP contribution is -2.32. The number of aromatic carboxylic acids is 1. The Labute approximate surface area is 122 Å². The molecule has 19 heavy (non-hydrogen) atoms. The van der Waals surface area contributed by atoms with E-state index in [9.17, 15) is 4.79 Å². The molecule has 0 aliphatic heterocycles. The minimum Gasteiger partial charge on any atom is -0.478 e. The molecule has 0 fully saturated rings. The number of carboxylic acid groups (broad SMARTS) is 1. The number of carboxylic acids is 1. The summed E-state index contributed by atoms with van der Waals surface area (Å²) in [7, 11) is 2.08. The zero-order valence-electron chi connectivity index (χ0n) is 11.6. The summed E-state index contributed by atoms with van der Waals surface area (Å²) in [5.41, 5.74) is 0.953. The molecule has 0 saturated heterocycles. The van der Waals surface area contributed by atoms with Crippen LogP contribution in [0.5, 0.6) is 0 Å². The second kappa shape index (κ2) is 7.50. The highest BCUT2D eigenvalue weighted by Gasteiger charge is 2.11. The van der Waals surface area contributed by atoms with Crippen molar-refractivity contribution in [3.8, 4) is 0 Å². The summed E-state index contributed by atoms with van der Waals surface area (Å²) < 4.78 is 0.771. The number of halogens is 1. The lowest BCUT2D eigenvalue weighted by atomic mass is 10.2. The van der Waals surface area contributed by atoms with Gasteiger partial charge in [-0.2, -0.15) is 0 Å². The van der Waals surface area contributed by atoms with Crippen LogP contribution >= 0.6 is 15.9 Å². The van der Waals surface area contributed by atoms with E-state index in [1.54, 1.807) is 12.1 Å². The number of likely N-dealkylation sites (N-methyl/N-ethyl adjacent to an activating group) is 1. The minimum atomic E-state index is -0.918. The molecule has 0 aliphatic rings. The molecule has 0 spiro atoms.